The largest absolute Gasteiger partial charge is 0.330 e. The van der Waals surface area contributed by atoms with Gasteiger partial charge in [-0.1, -0.05) is 6.92 Å². The van der Waals surface area contributed by atoms with Crippen LogP contribution in [-0.2, 0) is 10.2 Å². The molecule has 1 fully saturated rings. The minimum atomic E-state index is -0.467. The Kier molecular flexibility index (Phi) is 5.24. The Balaban J connectivity index is 2.13. The zero-order valence-corrected chi connectivity index (χ0v) is 13.1. The molecule has 1 aliphatic rings. The highest BCUT2D eigenvalue weighted by Gasteiger charge is 2.56. The number of aliphatic imine (C=N–C) groups is 1. The number of halogens is 1. The molecule has 22 heavy (non-hydrogen) atoms. The quantitative estimate of drug-likeness (QED) is 0.478. The standard InChI is InChI=1S/C16H23FN4O/c1-3-14(17)8-19-12(2)21-9-15(20-11-21)16(10-22)7-13(16)5-4-6-18/h8-11,13H,3-7,18H2,1-2H3/b14-8+,19-12?. The predicted octanol–water partition coefficient (Wildman–Crippen LogP) is 2.57. The van der Waals surface area contributed by atoms with E-state index in [4.69, 9.17) is 5.73 Å². The lowest BCUT2D eigenvalue weighted by Gasteiger charge is -2.06. The van der Waals surface area contributed by atoms with Crippen molar-refractivity contribution >= 4 is 12.1 Å². The maximum Gasteiger partial charge on any atom is 0.132 e. The molecular weight excluding hydrogens is 283 g/mol. The maximum absolute atomic E-state index is 13.1. The summed E-state index contributed by atoms with van der Waals surface area (Å²) in [5.74, 6) is 0.669. The second-order valence-corrected chi connectivity index (χ2v) is 5.76. The SMILES string of the molecule is CC/C(F)=C\N=C(C)n1cnc(C2(C=O)CC2CCCN)c1. The van der Waals surface area contributed by atoms with Crippen LogP contribution in [0.5, 0.6) is 0 Å². The number of allylic oxidation sites excluding steroid dienone is 1. The molecule has 2 atom stereocenters. The third-order valence-electron chi connectivity index (χ3n) is 4.28. The first-order valence-corrected chi connectivity index (χ1v) is 7.67. The van der Waals surface area contributed by atoms with Crippen molar-refractivity contribution in [2.45, 2.75) is 44.9 Å². The fourth-order valence-corrected chi connectivity index (χ4v) is 2.65. The Hall–Kier alpha value is -1.82. The van der Waals surface area contributed by atoms with Gasteiger partial charge in [-0.3, -0.25) is 4.57 Å². The number of rotatable bonds is 7. The molecule has 1 aliphatic carbocycles. The van der Waals surface area contributed by atoms with Crippen LogP contribution in [0.4, 0.5) is 4.39 Å². The average molecular weight is 306 g/mol. The van der Waals surface area contributed by atoms with Crippen LogP contribution in [0.2, 0.25) is 0 Å². The highest BCUT2D eigenvalue weighted by atomic mass is 19.1. The summed E-state index contributed by atoms with van der Waals surface area (Å²) < 4.78 is 14.8. The van der Waals surface area contributed by atoms with Gasteiger partial charge < -0.3 is 10.5 Å². The van der Waals surface area contributed by atoms with Crippen LogP contribution < -0.4 is 5.73 Å². The Morgan fingerprint density at radius 1 is 1.68 bits per heavy atom. The highest BCUT2D eigenvalue weighted by Crippen LogP contribution is 2.54. The number of nitrogens with two attached hydrogens (primary N) is 1. The molecule has 5 nitrogen and oxygen atoms in total. The maximum atomic E-state index is 13.1. The molecule has 6 heteroatoms. The molecule has 0 amide bonds. The topological polar surface area (TPSA) is 73.3 Å². The van der Waals surface area contributed by atoms with Crippen LogP contribution in [0.15, 0.2) is 29.5 Å². The predicted molar refractivity (Wildman–Crippen MR) is 84.4 cm³/mol. The van der Waals surface area contributed by atoms with Crippen molar-refractivity contribution in [3.63, 3.8) is 0 Å². The van der Waals surface area contributed by atoms with Crippen molar-refractivity contribution < 1.29 is 9.18 Å². The molecule has 1 saturated carbocycles. The van der Waals surface area contributed by atoms with Crippen LogP contribution in [0.1, 0.15) is 45.2 Å². The summed E-state index contributed by atoms with van der Waals surface area (Å²) in [4.78, 5) is 20.0. The van der Waals surface area contributed by atoms with Crippen LogP contribution in [-0.4, -0.2) is 28.2 Å². The fourth-order valence-electron chi connectivity index (χ4n) is 2.65. The molecule has 1 heterocycles. The summed E-state index contributed by atoms with van der Waals surface area (Å²) in [6, 6.07) is 0. The van der Waals surface area contributed by atoms with E-state index < -0.39 is 5.41 Å². The van der Waals surface area contributed by atoms with E-state index in [1.54, 1.807) is 24.7 Å². The molecule has 0 spiro atoms. The van der Waals surface area contributed by atoms with Crippen LogP contribution >= 0.6 is 0 Å². The number of imidazole rings is 1. The molecule has 0 radical (unpaired) electrons. The zero-order valence-electron chi connectivity index (χ0n) is 13.1. The molecule has 2 unspecified atom stereocenters. The van der Waals surface area contributed by atoms with E-state index in [2.05, 4.69) is 9.98 Å². The lowest BCUT2D eigenvalue weighted by molar-refractivity contribution is -0.110. The number of aromatic nitrogens is 2. The van der Waals surface area contributed by atoms with Gasteiger partial charge in [-0.05, 0) is 45.1 Å². The Morgan fingerprint density at radius 3 is 3.09 bits per heavy atom. The molecule has 1 aromatic heterocycles. The summed E-state index contributed by atoms with van der Waals surface area (Å²) >= 11 is 0. The van der Waals surface area contributed by atoms with Crippen molar-refractivity contribution in [3.8, 4) is 0 Å². The highest BCUT2D eigenvalue weighted by molar-refractivity contribution is 5.83. The molecule has 0 bridgehead atoms. The minimum absolute atomic E-state index is 0.270. The van der Waals surface area contributed by atoms with Crippen LogP contribution in [0.3, 0.4) is 0 Å². The second-order valence-electron chi connectivity index (χ2n) is 5.76. The molecule has 120 valence electrons. The Labute approximate surface area is 130 Å². The molecule has 2 N–H and O–H groups in total. The second kappa shape index (κ2) is 6.96. The molecule has 0 aromatic carbocycles. The van der Waals surface area contributed by atoms with Gasteiger partial charge in [-0.25, -0.2) is 14.4 Å². The van der Waals surface area contributed by atoms with Gasteiger partial charge in [-0.2, -0.15) is 0 Å². The van der Waals surface area contributed by atoms with E-state index in [0.29, 0.717) is 24.7 Å². The first-order valence-electron chi connectivity index (χ1n) is 7.67. The summed E-state index contributed by atoms with van der Waals surface area (Å²) in [5, 5.41) is 0. The van der Waals surface area contributed by atoms with Gasteiger partial charge in [0.05, 0.1) is 17.3 Å². The van der Waals surface area contributed by atoms with Crippen molar-refractivity contribution in [2.24, 2.45) is 16.6 Å². The van der Waals surface area contributed by atoms with Gasteiger partial charge in [0.1, 0.15) is 24.3 Å². The summed E-state index contributed by atoms with van der Waals surface area (Å²) in [6.45, 7) is 4.15. The Bertz CT molecular complexity index is 593. The molecular formula is C16H23FN4O. The fraction of sp³-hybridized carbons (Fsp3) is 0.562. The normalized spacial score (nSPS) is 25.4. The van der Waals surface area contributed by atoms with E-state index >= 15 is 0 Å². The summed E-state index contributed by atoms with van der Waals surface area (Å²) in [5.41, 5.74) is 5.82. The monoisotopic (exact) mass is 306 g/mol. The first kappa shape index (κ1) is 16.5. The van der Waals surface area contributed by atoms with E-state index in [9.17, 15) is 9.18 Å². The summed E-state index contributed by atoms with van der Waals surface area (Å²) in [7, 11) is 0. The minimum Gasteiger partial charge on any atom is -0.330 e. The number of carbonyl (C=O) groups excluding carboxylic acids is 1. The average Bonchev–Trinajstić information content (AvgIpc) is 3.03. The van der Waals surface area contributed by atoms with Gasteiger partial charge >= 0.3 is 0 Å². The lowest BCUT2D eigenvalue weighted by atomic mass is 9.99. The summed E-state index contributed by atoms with van der Waals surface area (Å²) in [6.07, 6.45) is 8.66. The molecule has 0 aliphatic heterocycles. The molecule has 0 saturated heterocycles. The number of carbonyl (C=O) groups is 1. The molecule has 1 aromatic rings. The smallest absolute Gasteiger partial charge is 0.132 e. The van der Waals surface area contributed by atoms with Gasteiger partial charge in [0.2, 0.25) is 0 Å². The first-order chi connectivity index (χ1) is 10.6. The van der Waals surface area contributed by atoms with E-state index in [1.807, 2.05) is 6.20 Å². The van der Waals surface area contributed by atoms with Gasteiger partial charge in [0.15, 0.2) is 0 Å². The van der Waals surface area contributed by atoms with Crippen molar-refractivity contribution in [1.82, 2.24) is 9.55 Å². The van der Waals surface area contributed by atoms with Crippen molar-refractivity contribution in [1.29, 1.82) is 0 Å². The number of hydrogen-bond acceptors (Lipinski definition) is 4. The van der Waals surface area contributed by atoms with Crippen LogP contribution in [0.25, 0.3) is 0 Å². The van der Waals surface area contributed by atoms with Crippen LogP contribution in [0, 0.1) is 5.92 Å². The van der Waals surface area contributed by atoms with Gasteiger partial charge in [-0.15, -0.1) is 0 Å². The molecule has 2 rings (SSSR count). The van der Waals surface area contributed by atoms with Crippen molar-refractivity contribution in [2.75, 3.05) is 6.54 Å². The number of hydrogen-bond donors (Lipinski definition) is 1. The Morgan fingerprint density at radius 2 is 2.45 bits per heavy atom. The van der Waals surface area contributed by atoms with Crippen molar-refractivity contribution in [3.05, 3.63) is 30.2 Å². The lowest BCUT2D eigenvalue weighted by Crippen LogP contribution is -2.13. The van der Waals surface area contributed by atoms with Gasteiger partial charge in [0.25, 0.3) is 0 Å². The van der Waals surface area contributed by atoms with E-state index in [1.165, 1.54) is 6.20 Å². The van der Waals surface area contributed by atoms with Gasteiger partial charge in [0, 0.05) is 6.20 Å². The van der Waals surface area contributed by atoms with E-state index in [0.717, 1.165) is 31.2 Å². The number of aldehydes is 1. The number of nitrogens with zero attached hydrogens (tertiary/aromatic N) is 3. The van der Waals surface area contributed by atoms with E-state index in [-0.39, 0.29) is 5.83 Å². The zero-order chi connectivity index (χ0) is 16.2. The third kappa shape index (κ3) is 3.32. The third-order valence-corrected chi connectivity index (χ3v) is 4.28.